The summed E-state index contributed by atoms with van der Waals surface area (Å²) >= 11 is 0. The zero-order chi connectivity index (χ0) is 13.8. The fourth-order valence-electron chi connectivity index (χ4n) is 1.64. The van der Waals surface area contributed by atoms with Gasteiger partial charge in [0.1, 0.15) is 21.3 Å². The summed E-state index contributed by atoms with van der Waals surface area (Å²) in [6, 6.07) is 4.61. The number of hydrazine groups is 1. The van der Waals surface area contributed by atoms with Crippen LogP contribution in [0.4, 0.5) is 0 Å². The maximum atomic E-state index is 11.3. The highest BCUT2D eigenvalue weighted by molar-refractivity contribution is 7.90. The molecule has 0 bridgehead atoms. The molecule has 1 rings (SSSR count). The predicted octanol–water partition coefficient (Wildman–Crippen LogP) is 0.253. The molecule has 0 heterocycles. The highest BCUT2D eigenvalue weighted by Crippen LogP contribution is 2.29. The molecule has 0 aliphatic heterocycles. The molecule has 0 saturated carbocycles. The Morgan fingerprint density at radius 2 is 2.00 bits per heavy atom. The normalized spacial score (nSPS) is 13.1. The highest BCUT2D eigenvalue weighted by Gasteiger charge is 2.20. The van der Waals surface area contributed by atoms with Crippen LogP contribution in [-0.4, -0.2) is 34.6 Å². The van der Waals surface area contributed by atoms with Crippen molar-refractivity contribution in [3.63, 3.8) is 0 Å². The van der Waals surface area contributed by atoms with E-state index in [0.29, 0.717) is 17.1 Å². The highest BCUT2D eigenvalue weighted by atomic mass is 32.2. The number of hydrogen-bond acceptors (Lipinski definition) is 6. The van der Waals surface area contributed by atoms with E-state index in [1.54, 1.807) is 25.3 Å². The summed E-state index contributed by atoms with van der Waals surface area (Å²) < 4.78 is 33.0. The Labute approximate surface area is 107 Å². The number of methoxy groups -OCH3 is 2. The molecule has 1 atom stereocenters. The van der Waals surface area contributed by atoms with E-state index < -0.39 is 15.9 Å². The van der Waals surface area contributed by atoms with E-state index in [0.717, 1.165) is 6.26 Å². The lowest BCUT2D eigenvalue weighted by Crippen LogP contribution is -2.33. The number of nitrogens with one attached hydrogen (secondary N) is 1. The van der Waals surface area contributed by atoms with Crippen LogP contribution in [0.3, 0.4) is 0 Å². The van der Waals surface area contributed by atoms with Crippen molar-refractivity contribution in [2.45, 2.75) is 6.04 Å². The number of ether oxygens (including phenoxy) is 2. The van der Waals surface area contributed by atoms with Gasteiger partial charge in [-0.15, -0.1) is 0 Å². The molecule has 7 heteroatoms. The van der Waals surface area contributed by atoms with Crippen LogP contribution in [0.15, 0.2) is 18.2 Å². The average Bonchev–Trinajstić information content (AvgIpc) is 2.34. The van der Waals surface area contributed by atoms with E-state index in [1.807, 2.05) is 0 Å². The lowest BCUT2D eigenvalue weighted by molar-refractivity contribution is 0.386. The van der Waals surface area contributed by atoms with Crippen LogP contribution in [-0.2, 0) is 9.84 Å². The molecule has 1 unspecified atom stereocenters. The first-order valence-corrected chi connectivity index (χ1v) is 7.33. The van der Waals surface area contributed by atoms with Gasteiger partial charge in [0.15, 0.2) is 0 Å². The molecule has 0 fully saturated rings. The standard InChI is InChI=1S/C11H18N2O4S/c1-16-8-4-5-9(11(6-8)17-2)10(13-12)7-18(3,14)15/h4-6,10,13H,7,12H2,1-3H3. The van der Waals surface area contributed by atoms with Crippen LogP contribution in [0.2, 0.25) is 0 Å². The Hall–Kier alpha value is -1.31. The summed E-state index contributed by atoms with van der Waals surface area (Å²) in [6.45, 7) is 0. The van der Waals surface area contributed by atoms with Crippen molar-refractivity contribution in [1.29, 1.82) is 0 Å². The summed E-state index contributed by atoms with van der Waals surface area (Å²) in [6.07, 6.45) is 1.16. The molecule has 1 aromatic carbocycles. The van der Waals surface area contributed by atoms with Gasteiger partial charge in [0.05, 0.1) is 26.0 Å². The largest absolute Gasteiger partial charge is 0.497 e. The summed E-state index contributed by atoms with van der Waals surface area (Å²) in [4.78, 5) is 0. The quantitative estimate of drug-likeness (QED) is 0.571. The van der Waals surface area contributed by atoms with Crippen LogP contribution in [0, 0.1) is 0 Å². The van der Waals surface area contributed by atoms with E-state index >= 15 is 0 Å². The maximum Gasteiger partial charge on any atom is 0.149 e. The van der Waals surface area contributed by atoms with Crippen molar-refractivity contribution in [3.8, 4) is 11.5 Å². The summed E-state index contributed by atoms with van der Waals surface area (Å²) in [5, 5.41) is 0. The Kier molecular flexibility index (Phi) is 4.94. The van der Waals surface area contributed by atoms with Crippen LogP contribution < -0.4 is 20.7 Å². The van der Waals surface area contributed by atoms with Gasteiger partial charge in [-0.05, 0) is 12.1 Å². The number of hydrogen-bond donors (Lipinski definition) is 2. The molecule has 18 heavy (non-hydrogen) atoms. The smallest absolute Gasteiger partial charge is 0.149 e. The van der Waals surface area contributed by atoms with Crippen molar-refractivity contribution in [3.05, 3.63) is 23.8 Å². The Morgan fingerprint density at radius 3 is 2.44 bits per heavy atom. The van der Waals surface area contributed by atoms with Gasteiger partial charge in [0, 0.05) is 17.9 Å². The molecule has 102 valence electrons. The minimum atomic E-state index is -3.15. The minimum Gasteiger partial charge on any atom is -0.497 e. The van der Waals surface area contributed by atoms with Crippen molar-refractivity contribution in [1.82, 2.24) is 5.43 Å². The van der Waals surface area contributed by atoms with Crippen molar-refractivity contribution in [2.24, 2.45) is 5.84 Å². The molecule has 0 amide bonds. The fraction of sp³-hybridized carbons (Fsp3) is 0.455. The molecule has 1 aromatic rings. The van der Waals surface area contributed by atoms with Gasteiger partial charge in [0.2, 0.25) is 0 Å². The molecule has 0 aromatic heterocycles. The van der Waals surface area contributed by atoms with Gasteiger partial charge < -0.3 is 9.47 Å². The molecule has 3 N–H and O–H groups in total. The lowest BCUT2D eigenvalue weighted by atomic mass is 10.1. The van der Waals surface area contributed by atoms with Gasteiger partial charge in [-0.1, -0.05) is 0 Å². The third kappa shape index (κ3) is 3.86. The van der Waals surface area contributed by atoms with E-state index in [2.05, 4.69) is 5.43 Å². The number of rotatable bonds is 6. The first-order valence-electron chi connectivity index (χ1n) is 5.27. The Balaban J connectivity index is 3.12. The first-order chi connectivity index (χ1) is 8.41. The Bertz CT molecular complexity index is 502. The predicted molar refractivity (Wildman–Crippen MR) is 69.3 cm³/mol. The van der Waals surface area contributed by atoms with E-state index in [-0.39, 0.29) is 5.75 Å². The van der Waals surface area contributed by atoms with Gasteiger partial charge in [-0.2, -0.15) is 0 Å². The third-order valence-corrected chi connectivity index (χ3v) is 3.43. The SMILES string of the molecule is COc1ccc(C(CS(C)(=O)=O)NN)c(OC)c1. The van der Waals surface area contributed by atoms with Crippen molar-refractivity contribution in [2.75, 3.05) is 26.2 Å². The average molecular weight is 274 g/mol. The van der Waals surface area contributed by atoms with Crippen LogP contribution in [0.5, 0.6) is 11.5 Å². The van der Waals surface area contributed by atoms with Crippen LogP contribution >= 0.6 is 0 Å². The molecule has 0 saturated heterocycles. The van der Waals surface area contributed by atoms with E-state index in [9.17, 15) is 8.42 Å². The fourth-order valence-corrected chi connectivity index (χ4v) is 2.52. The number of nitrogens with two attached hydrogens (primary N) is 1. The molecule has 0 aliphatic rings. The number of sulfone groups is 1. The zero-order valence-corrected chi connectivity index (χ0v) is 11.5. The molecule has 0 radical (unpaired) electrons. The van der Waals surface area contributed by atoms with Crippen molar-refractivity contribution >= 4 is 9.84 Å². The number of benzene rings is 1. The monoisotopic (exact) mass is 274 g/mol. The molecular weight excluding hydrogens is 256 g/mol. The van der Waals surface area contributed by atoms with Crippen molar-refractivity contribution < 1.29 is 17.9 Å². The topological polar surface area (TPSA) is 90.7 Å². The zero-order valence-electron chi connectivity index (χ0n) is 10.6. The summed E-state index contributed by atoms with van der Waals surface area (Å²) in [5.74, 6) is 6.46. The van der Waals surface area contributed by atoms with Crippen LogP contribution in [0.1, 0.15) is 11.6 Å². The Morgan fingerprint density at radius 1 is 1.33 bits per heavy atom. The minimum absolute atomic E-state index is 0.105. The summed E-state index contributed by atoms with van der Waals surface area (Å²) in [5.41, 5.74) is 3.16. The molecule has 0 aliphatic carbocycles. The van der Waals surface area contributed by atoms with Gasteiger partial charge in [-0.25, -0.2) is 8.42 Å². The van der Waals surface area contributed by atoms with Gasteiger partial charge >= 0.3 is 0 Å². The molecule has 0 spiro atoms. The van der Waals surface area contributed by atoms with E-state index in [4.69, 9.17) is 15.3 Å². The summed E-state index contributed by atoms with van der Waals surface area (Å²) in [7, 11) is -0.102. The third-order valence-electron chi connectivity index (χ3n) is 2.49. The van der Waals surface area contributed by atoms with Gasteiger partial charge in [0.25, 0.3) is 0 Å². The van der Waals surface area contributed by atoms with Gasteiger partial charge in [-0.3, -0.25) is 11.3 Å². The molecule has 6 nitrogen and oxygen atoms in total. The van der Waals surface area contributed by atoms with Crippen LogP contribution in [0.25, 0.3) is 0 Å². The van der Waals surface area contributed by atoms with E-state index in [1.165, 1.54) is 7.11 Å². The second kappa shape index (κ2) is 6.03. The lowest BCUT2D eigenvalue weighted by Gasteiger charge is -2.18. The maximum absolute atomic E-state index is 11.3. The first kappa shape index (κ1) is 14.7. The second-order valence-electron chi connectivity index (χ2n) is 3.92. The second-order valence-corrected chi connectivity index (χ2v) is 6.10. The molecular formula is C11H18N2O4S.